The van der Waals surface area contributed by atoms with E-state index in [9.17, 15) is 28.0 Å². The van der Waals surface area contributed by atoms with Gasteiger partial charge in [0, 0.05) is 50.1 Å². The number of anilines is 1. The summed E-state index contributed by atoms with van der Waals surface area (Å²) in [6, 6.07) is 4.49. The summed E-state index contributed by atoms with van der Waals surface area (Å²) in [5.74, 6) is -4.65. The molecule has 2 aliphatic heterocycles. The van der Waals surface area contributed by atoms with Crippen LogP contribution in [0.4, 0.5) is 14.5 Å². The van der Waals surface area contributed by atoms with Gasteiger partial charge in [-0.2, -0.15) is 0 Å². The van der Waals surface area contributed by atoms with Gasteiger partial charge in [0.2, 0.25) is 17.7 Å². The minimum atomic E-state index is -2.56. The van der Waals surface area contributed by atoms with Gasteiger partial charge in [-0.25, -0.2) is 8.78 Å². The third-order valence-corrected chi connectivity index (χ3v) is 8.22. The average Bonchev–Trinajstić information content (AvgIpc) is 3.10. The fourth-order valence-corrected chi connectivity index (χ4v) is 6.15. The van der Waals surface area contributed by atoms with E-state index < -0.39 is 35.6 Å². The summed E-state index contributed by atoms with van der Waals surface area (Å²) in [6.07, 6.45) is 4.97. The Labute approximate surface area is 208 Å². The number of nitrogens with zero attached hydrogens (tertiary/aromatic N) is 2. The Morgan fingerprint density at radius 3 is 2.39 bits per heavy atom. The van der Waals surface area contributed by atoms with Crippen LogP contribution in [-0.4, -0.2) is 65.7 Å². The summed E-state index contributed by atoms with van der Waals surface area (Å²) in [6.45, 7) is 0. The minimum Gasteiger partial charge on any atom is -0.370 e. The van der Waals surface area contributed by atoms with E-state index in [0.717, 1.165) is 36.3 Å². The molecule has 1 aromatic carbocycles. The average molecular weight is 503 g/mol. The van der Waals surface area contributed by atoms with E-state index in [2.05, 4.69) is 15.5 Å². The molecule has 4 aliphatic rings. The number of carbonyl (C=O) groups excluding carboxylic acids is 4. The third kappa shape index (κ3) is 4.63. The van der Waals surface area contributed by atoms with Gasteiger partial charge in [-0.1, -0.05) is 12.8 Å². The van der Waals surface area contributed by atoms with Crippen LogP contribution in [-0.2, 0) is 9.59 Å². The Hall–Kier alpha value is -2.88. The molecular formula is C26H32F2N4O4. The van der Waals surface area contributed by atoms with Crippen LogP contribution < -0.4 is 15.5 Å². The van der Waals surface area contributed by atoms with Crippen LogP contribution in [0.1, 0.15) is 84.9 Å². The maximum atomic E-state index is 13.6. The van der Waals surface area contributed by atoms with Crippen molar-refractivity contribution in [3.63, 3.8) is 0 Å². The van der Waals surface area contributed by atoms with Crippen molar-refractivity contribution < 1.29 is 28.0 Å². The molecule has 2 N–H and O–H groups in total. The molecule has 2 aliphatic carbocycles. The predicted molar refractivity (Wildman–Crippen MR) is 128 cm³/mol. The molecule has 10 heteroatoms. The summed E-state index contributed by atoms with van der Waals surface area (Å²) >= 11 is 0. The van der Waals surface area contributed by atoms with Crippen molar-refractivity contribution in [2.75, 3.05) is 11.9 Å². The largest absolute Gasteiger partial charge is 0.370 e. The van der Waals surface area contributed by atoms with Gasteiger partial charge in [0.05, 0.1) is 11.1 Å². The van der Waals surface area contributed by atoms with E-state index in [0.29, 0.717) is 12.8 Å². The number of carbonyl (C=O) groups is 4. The lowest BCUT2D eigenvalue weighted by Crippen LogP contribution is -2.54. The van der Waals surface area contributed by atoms with E-state index in [1.165, 1.54) is 0 Å². The van der Waals surface area contributed by atoms with E-state index in [4.69, 9.17) is 0 Å². The molecule has 8 nitrogen and oxygen atoms in total. The summed E-state index contributed by atoms with van der Waals surface area (Å²) < 4.78 is 27.2. The van der Waals surface area contributed by atoms with Crippen LogP contribution in [0.25, 0.3) is 0 Å². The Morgan fingerprint density at radius 1 is 0.972 bits per heavy atom. The number of hydrogen-bond acceptors (Lipinski definition) is 6. The number of halogens is 2. The molecule has 0 radical (unpaired) electrons. The van der Waals surface area contributed by atoms with Gasteiger partial charge in [0.25, 0.3) is 11.8 Å². The van der Waals surface area contributed by atoms with Gasteiger partial charge in [-0.3, -0.25) is 29.4 Å². The standard InChI is InChI=1S/C26H32F2N4O4/c1-31(20-5-3-2-4-19(20)29-15-10-12-26(27,28)13-11-15)16-6-7-17-18(14-16)25(36)32(24(17)35)21-8-9-22(33)30-23(21)34/h6-7,14-15,19-21,29H,2-5,8-13H2,1H3,(H,30,33,34)/t19-,20+,21?/m1/s1. The van der Waals surface area contributed by atoms with E-state index in [1.807, 2.05) is 13.1 Å². The molecule has 2 heterocycles. The number of likely N-dealkylation sites (N-methyl/N-ethyl adjacent to an activating group) is 1. The van der Waals surface area contributed by atoms with Crippen molar-refractivity contribution in [3.8, 4) is 0 Å². The van der Waals surface area contributed by atoms with Crippen LogP contribution in [0.3, 0.4) is 0 Å². The third-order valence-electron chi connectivity index (χ3n) is 8.22. The molecule has 0 spiro atoms. The molecule has 194 valence electrons. The van der Waals surface area contributed by atoms with Gasteiger partial charge in [0.15, 0.2) is 0 Å². The molecule has 2 saturated carbocycles. The SMILES string of the molecule is CN(c1ccc2c(c1)C(=O)N(C1CCC(=O)NC1=O)C2=O)[C@H]1CCCC[C@H]1NC1CCC(F)(F)CC1. The maximum Gasteiger partial charge on any atom is 0.262 e. The highest BCUT2D eigenvalue weighted by Crippen LogP contribution is 2.36. The zero-order valence-electron chi connectivity index (χ0n) is 20.4. The molecule has 4 amide bonds. The lowest BCUT2D eigenvalue weighted by Gasteiger charge is -2.42. The summed E-state index contributed by atoms with van der Waals surface area (Å²) in [7, 11) is 1.96. The summed E-state index contributed by atoms with van der Waals surface area (Å²) in [5, 5.41) is 5.86. The first-order chi connectivity index (χ1) is 17.1. The highest BCUT2D eigenvalue weighted by atomic mass is 19.3. The number of benzene rings is 1. The monoisotopic (exact) mass is 502 g/mol. The van der Waals surface area contributed by atoms with Crippen molar-refractivity contribution in [1.82, 2.24) is 15.5 Å². The lowest BCUT2D eigenvalue weighted by molar-refractivity contribution is -0.136. The fourth-order valence-electron chi connectivity index (χ4n) is 6.15. The first kappa shape index (κ1) is 24.8. The quantitative estimate of drug-likeness (QED) is 0.601. The van der Waals surface area contributed by atoms with Crippen molar-refractivity contribution >= 4 is 29.3 Å². The molecule has 1 aromatic rings. The molecular weight excluding hydrogens is 470 g/mol. The van der Waals surface area contributed by atoms with Crippen LogP contribution in [0, 0.1) is 0 Å². The first-order valence-electron chi connectivity index (χ1n) is 12.9. The van der Waals surface area contributed by atoms with Gasteiger partial charge in [-0.05, 0) is 50.3 Å². The van der Waals surface area contributed by atoms with Gasteiger partial charge in [-0.15, -0.1) is 0 Å². The first-order valence-corrected chi connectivity index (χ1v) is 12.9. The number of rotatable bonds is 5. The van der Waals surface area contributed by atoms with Crippen LogP contribution >= 0.6 is 0 Å². The molecule has 36 heavy (non-hydrogen) atoms. The van der Waals surface area contributed by atoms with Crippen molar-refractivity contribution in [2.24, 2.45) is 0 Å². The topological polar surface area (TPSA) is 98.8 Å². The Bertz CT molecular complexity index is 1080. The molecule has 1 unspecified atom stereocenters. The number of fused-ring (bicyclic) bond motifs is 1. The number of amides is 4. The van der Waals surface area contributed by atoms with Crippen LogP contribution in [0.5, 0.6) is 0 Å². The highest BCUT2D eigenvalue weighted by molar-refractivity contribution is 6.23. The lowest BCUT2D eigenvalue weighted by atomic mass is 9.86. The number of alkyl halides is 2. The zero-order chi connectivity index (χ0) is 25.6. The van der Waals surface area contributed by atoms with Crippen molar-refractivity contribution in [2.45, 2.75) is 94.3 Å². The van der Waals surface area contributed by atoms with E-state index in [-0.39, 0.29) is 54.9 Å². The number of nitrogens with one attached hydrogen (secondary N) is 2. The summed E-state index contributed by atoms with van der Waals surface area (Å²) in [5.41, 5.74) is 1.29. The maximum absolute atomic E-state index is 13.6. The van der Waals surface area contributed by atoms with Crippen LogP contribution in [0.15, 0.2) is 18.2 Å². The molecule has 3 fully saturated rings. The molecule has 1 saturated heterocycles. The number of piperidine rings is 1. The Balaban J connectivity index is 1.32. The smallest absolute Gasteiger partial charge is 0.262 e. The second kappa shape index (κ2) is 9.53. The molecule has 0 bridgehead atoms. The zero-order valence-corrected chi connectivity index (χ0v) is 20.4. The molecule has 3 atom stereocenters. The van der Waals surface area contributed by atoms with Gasteiger partial charge < -0.3 is 10.2 Å². The summed E-state index contributed by atoms with van der Waals surface area (Å²) in [4.78, 5) is 53.1. The minimum absolute atomic E-state index is 0.0740. The van der Waals surface area contributed by atoms with Gasteiger partial charge >= 0.3 is 0 Å². The number of hydrogen-bond donors (Lipinski definition) is 2. The van der Waals surface area contributed by atoms with Crippen molar-refractivity contribution in [3.05, 3.63) is 29.3 Å². The van der Waals surface area contributed by atoms with E-state index >= 15 is 0 Å². The van der Waals surface area contributed by atoms with Crippen molar-refractivity contribution in [1.29, 1.82) is 0 Å². The highest BCUT2D eigenvalue weighted by Gasteiger charge is 2.45. The molecule has 5 rings (SSSR count). The molecule has 0 aromatic heterocycles. The second-order valence-corrected chi connectivity index (χ2v) is 10.5. The predicted octanol–water partition coefficient (Wildman–Crippen LogP) is 3.00. The Morgan fingerprint density at radius 2 is 1.67 bits per heavy atom. The van der Waals surface area contributed by atoms with Crippen LogP contribution in [0.2, 0.25) is 0 Å². The van der Waals surface area contributed by atoms with E-state index in [1.54, 1.807) is 12.1 Å². The fraction of sp³-hybridized carbons (Fsp3) is 0.615. The van der Waals surface area contributed by atoms with Gasteiger partial charge in [0.1, 0.15) is 6.04 Å². The normalized spacial score (nSPS) is 28.8. The number of imide groups is 2. The Kier molecular flexibility index (Phi) is 6.57. The second-order valence-electron chi connectivity index (χ2n) is 10.5.